The summed E-state index contributed by atoms with van der Waals surface area (Å²) in [7, 11) is 2.12. The highest BCUT2D eigenvalue weighted by atomic mass is 35.5. The van der Waals surface area contributed by atoms with E-state index in [0.717, 1.165) is 24.3 Å². The van der Waals surface area contributed by atoms with Gasteiger partial charge >= 0.3 is 0 Å². The molecule has 0 aliphatic carbocycles. The summed E-state index contributed by atoms with van der Waals surface area (Å²) < 4.78 is 0. The van der Waals surface area contributed by atoms with Crippen LogP contribution in [-0.2, 0) is 0 Å². The summed E-state index contributed by atoms with van der Waals surface area (Å²) in [6, 6.07) is 3.68. The van der Waals surface area contributed by atoms with Crippen molar-refractivity contribution in [3.63, 3.8) is 0 Å². The van der Waals surface area contributed by atoms with Gasteiger partial charge in [0.05, 0.1) is 4.92 Å². The second-order valence-electron chi connectivity index (χ2n) is 5.03. The van der Waals surface area contributed by atoms with Gasteiger partial charge in [-0.05, 0) is 45.0 Å². The van der Waals surface area contributed by atoms with Crippen molar-refractivity contribution < 1.29 is 4.92 Å². The minimum Gasteiger partial charge on any atom is -0.383 e. The van der Waals surface area contributed by atoms with Gasteiger partial charge in [0, 0.05) is 24.3 Å². The summed E-state index contributed by atoms with van der Waals surface area (Å²) in [6.07, 6.45) is 2.41. The molecule has 0 saturated carbocycles. The van der Waals surface area contributed by atoms with E-state index in [0.29, 0.717) is 6.04 Å². The van der Waals surface area contributed by atoms with Crippen LogP contribution >= 0.6 is 11.6 Å². The van der Waals surface area contributed by atoms with Crippen LogP contribution in [0.1, 0.15) is 18.4 Å². The van der Waals surface area contributed by atoms with E-state index in [9.17, 15) is 10.1 Å². The minimum absolute atomic E-state index is 0.0392. The van der Waals surface area contributed by atoms with Crippen molar-refractivity contribution in [2.24, 2.45) is 0 Å². The Morgan fingerprint density at radius 3 is 2.89 bits per heavy atom. The second-order valence-corrected chi connectivity index (χ2v) is 5.44. The number of benzene rings is 1. The molecule has 1 saturated heterocycles. The number of nitrogens with one attached hydrogen (secondary N) is 1. The molecule has 1 heterocycles. The third-order valence-electron chi connectivity index (χ3n) is 3.69. The molecule has 0 amide bonds. The second kappa shape index (κ2) is 5.75. The highest BCUT2D eigenvalue weighted by Crippen LogP contribution is 2.30. The van der Waals surface area contributed by atoms with Crippen LogP contribution in [0.25, 0.3) is 0 Å². The Kier molecular flexibility index (Phi) is 4.27. The molecular weight excluding hydrogens is 266 g/mol. The van der Waals surface area contributed by atoms with E-state index in [1.807, 2.05) is 6.92 Å². The fraction of sp³-hybridized carbons (Fsp3) is 0.538. The van der Waals surface area contributed by atoms with Gasteiger partial charge in [0.25, 0.3) is 5.69 Å². The summed E-state index contributed by atoms with van der Waals surface area (Å²) in [5.41, 5.74) is 1.68. The quantitative estimate of drug-likeness (QED) is 0.681. The Bertz CT molecular complexity index is 493. The van der Waals surface area contributed by atoms with Gasteiger partial charge in [-0.15, -0.1) is 0 Å². The molecule has 0 bridgehead atoms. The molecule has 1 atom stereocenters. The molecule has 1 aliphatic heterocycles. The predicted octanol–water partition coefficient (Wildman–Crippen LogP) is 3.06. The Morgan fingerprint density at radius 1 is 1.58 bits per heavy atom. The molecule has 1 unspecified atom stereocenters. The Morgan fingerprint density at radius 2 is 2.32 bits per heavy atom. The van der Waals surface area contributed by atoms with Crippen molar-refractivity contribution >= 4 is 23.0 Å². The van der Waals surface area contributed by atoms with Gasteiger partial charge in [-0.25, -0.2) is 0 Å². The van der Waals surface area contributed by atoms with Gasteiger partial charge in [0.2, 0.25) is 0 Å². The van der Waals surface area contributed by atoms with Crippen molar-refractivity contribution in [2.45, 2.75) is 25.8 Å². The smallest absolute Gasteiger partial charge is 0.288 e. The van der Waals surface area contributed by atoms with Gasteiger partial charge in [0.15, 0.2) is 0 Å². The van der Waals surface area contributed by atoms with Crippen LogP contribution in [0.2, 0.25) is 5.02 Å². The summed E-state index contributed by atoms with van der Waals surface area (Å²) in [4.78, 5) is 12.7. The lowest BCUT2D eigenvalue weighted by atomic mass is 10.1. The van der Waals surface area contributed by atoms with E-state index >= 15 is 0 Å². The van der Waals surface area contributed by atoms with E-state index in [1.54, 1.807) is 6.07 Å². The first-order valence-corrected chi connectivity index (χ1v) is 6.75. The lowest BCUT2D eigenvalue weighted by Crippen LogP contribution is -2.31. The number of aryl methyl sites for hydroxylation is 1. The first-order chi connectivity index (χ1) is 8.99. The average molecular weight is 284 g/mol. The highest BCUT2D eigenvalue weighted by molar-refractivity contribution is 6.33. The molecular formula is C13H18ClN3O2. The third kappa shape index (κ3) is 3.16. The maximum absolute atomic E-state index is 10.8. The van der Waals surface area contributed by atoms with Crippen LogP contribution in [0.4, 0.5) is 11.4 Å². The fourth-order valence-electron chi connectivity index (χ4n) is 2.46. The number of anilines is 1. The number of nitrogens with zero attached hydrogens (tertiary/aromatic N) is 2. The number of likely N-dealkylation sites (N-methyl/N-ethyl adjacent to an activating group) is 1. The maximum Gasteiger partial charge on any atom is 0.288 e. The molecule has 1 aromatic rings. The molecule has 5 nitrogen and oxygen atoms in total. The van der Waals surface area contributed by atoms with Gasteiger partial charge in [-0.2, -0.15) is 0 Å². The van der Waals surface area contributed by atoms with Crippen LogP contribution < -0.4 is 5.32 Å². The molecule has 19 heavy (non-hydrogen) atoms. The molecule has 1 fully saturated rings. The predicted molar refractivity (Wildman–Crippen MR) is 77.0 cm³/mol. The molecule has 1 N–H and O–H groups in total. The first-order valence-electron chi connectivity index (χ1n) is 6.37. The monoisotopic (exact) mass is 283 g/mol. The summed E-state index contributed by atoms with van der Waals surface area (Å²) >= 11 is 5.93. The lowest BCUT2D eigenvalue weighted by molar-refractivity contribution is -0.384. The zero-order chi connectivity index (χ0) is 14.0. The van der Waals surface area contributed by atoms with Gasteiger partial charge in [-0.3, -0.25) is 10.1 Å². The largest absolute Gasteiger partial charge is 0.383 e. The van der Waals surface area contributed by atoms with Crippen molar-refractivity contribution in [3.05, 3.63) is 32.8 Å². The van der Waals surface area contributed by atoms with Crippen LogP contribution in [-0.4, -0.2) is 36.0 Å². The van der Waals surface area contributed by atoms with Gasteiger partial charge in [0.1, 0.15) is 5.02 Å². The van der Waals surface area contributed by atoms with E-state index < -0.39 is 4.92 Å². The lowest BCUT2D eigenvalue weighted by Gasteiger charge is -2.21. The van der Waals surface area contributed by atoms with Crippen molar-refractivity contribution in [3.8, 4) is 0 Å². The van der Waals surface area contributed by atoms with Gasteiger partial charge < -0.3 is 10.2 Å². The average Bonchev–Trinajstić information content (AvgIpc) is 2.75. The molecule has 104 valence electrons. The van der Waals surface area contributed by atoms with E-state index in [4.69, 9.17) is 11.6 Å². The van der Waals surface area contributed by atoms with Crippen LogP contribution in [0.5, 0.6) is 0 Å². The Balaban J connectivity index is 2.08. The number of nitro benzene ring substituents is 1. The Hall–Kier alpha value is -1.33. The first kappa shape index (κ1) is 14.1. The Labute approximate surface area is 117 Å². The van der Waals surface area contributed by atoms with Crippen LogP contribution in [0.3, 0.4) is 0 Å². The third-order valence-corrected chi connectivity index (χ3v) is 3.99. The fourth-order valence-corrected chi connectivity index (χ4v) is 2.69. The summed E-state index contributed by atoms with van der Waals surface area (Å²) in [6.45, 7) is 3.82. The molecule has 0 radical (unpaired) electrons. The SMILES string of the molecule is Cc1cc([N+](=O)[O-])c(Cl)cc1NCC1CCCN1C. The number of likely N-dealkylation sites (tertiary alicyclic amines) is 1. The van der Waals surface area contributed by atoms with Crippen LogP contribution in [0.15, 0.2) is 12.1 Å². The number of hydrogen-bond acceptors (Lipinski definition) is 4. The number of rotatable bonds is 4. The summed E-state index contributed by atoms with van der Waals surface area (Å²) in [5.74, 6) is 0. The van der Waals surface area contributed by atoms with E-state index in [1.165, 1.54) is 18.9 Å². The molecule has 0 spiro atoms. The number of nitro groups is 1. The van der Waals surface area contributed by atoms with Crippen LogP contribution in [0, 0.1) is 17.0 Å². The van der Waals surface area contributed by atoms with E-state index in [2.05, 4.69) is 17.3 Å². The van der Waals surface area contributed by atoms with Crippen molar-refractivity contribution in [2.75, 3.05) is 25.5 Å². The minimum atomic E-state index is -0.455. The topological polar surface area (TPSA) is 58.4 Å². The molecule has 6 heteroatoms. The van der Waals surface area contributed by atoms with E-state index in [-0.39, 0.29) is 10.7 Å². The zero-order valence-corrected chi connectivity index (χ0v) is 11.9. The van der Waals surface area contributed by atoms with Crippen molar-refractivity contribution in [1.29, 1.82) is 0 Å². The van der Waals surface area contributed by atoms with Gasteiger partial charge in [-0.1, -0.05) is 11.6 Å². The zero-order valence-electron chi connectivity index (χ0n) is 11.1. The van der Waals surface area contributed by atoms with Crippen molar-refractivity contribution in [1.82, 2.24) is 4.90 Å². The molecule has 0 aromatic heterocycles. The maximum atomic E-state index is 10.8. The highest BCUT2D eigenvalue weighted by Gasteiger charge is 2.21. The molecule has 1 aliphatic rings. The number of hydrogen-bond donors (Lipinski definition) is 1. The molecule has 2 rings (SSSR count). The standard InChI is InChI=1S/C13H18ClN3O2/c1-9-6-13(17(18)19)11(14)7-12(9)15-8-10-4-3-5-16(10)2/h6-7,10,15H,3-5,8H2,1-2H3. The molecule has 1 aromatic carbocycles. The normalized spacial score (nSPS) is 19.6. The number of halogens is 1. The summed E-state index contributed by atoms with van der Waals surface area (Å²) in [5, 5.41) is 14.3.